The largest absolute Gasteiger partial charge is 0.433 e. The Morgan fingerprint density at radius 1 is 1.12 bits per heavy atom. The number of benzene rings is 1. The summed E-state index contributed by atoms with van der Waals surface area (Å²) in [6.45, 7) is 5.72. The Kier molecular flexibility index (Phi) is 6.02. The predicted molar refractivity (Wildman–Crippen MR) is 93.8 cm³/mol. The van der Waals surface area contributed by atoms with Gasteiger partial charge in [-0.1, -0.05) is 38.1 Å². The summed E-state index contributed by atoms with van der Waals surface area (Å²) in [5.74, 6) is -0.0897. The molecular weight excluding hydrogens is 343 g/mol. The molecule has 2 rings (SSSR count). The maximum atomic E-state index is 12.6. The SMILES string of the molecule is Cc1nc(C(F)(F)F)ccc1C(=O)NCC(N)c1ccc(C(C)C)cc1. The molecule has 1 unspecified atom stereocenters. The van der Waals surface area contributed by atoms with Crippen molar-refractivity contribution in [1.82, 2.24) is 10.3 Å². The molecular formula is C19H22F3N3O. The van der Waals surface area contributed by atoms with E-state index < -0.39 is 23.8 Å². The Balaban J connectivity index is 2.01. The van der Waals surface area contributed by atoms with Crippen molar-refractivity contribution in [2.45, 2.75) is 38.9 Å². The van der Waals surface area contributed by atoms with Crippen LogP contribution in [0.5, 0.6) is 0 Å². The first kappa shape index (κ1) is 19.9. The fourth-order valence-electron chi connectivity index (χ4n) is 2.50. The molecule has 4 nitrogen and oxygen atoms in total. The highest BCUT2D eigenvalue weighted by Crippen LogP contribution is 2.28. The highest BCUT2D eigenvalue weighted by atomic mass is 19.4. The molecule has 0 aliphatic carbocycles. The van der Waals surface area contributed by atoms with Crippen molar-refractivity contribution < 1.29 is 18.0 Å². The van der Waals surface area contributed by atoms with Gasteiger partial charge in [0.25, 0.3) is 5.91 Å². The van der Waals surface area contributed by atoms with Gasteiger partial charge in [-0.25, -0.2) is 4.98 Å². The van der Waals surface area contributed by atoms with Gasteiger partial charge in [0.1, 0.15) is 5.69 Å². The summed E-state index contributed by atoms with van der Waals surface area (Å²) in [6.07, 6.45) is -4.54. The number of rotatable bonds is 5. The highest BCUT2D eigenvalue weighted by Gasteiger charge is 2.33. The molecule has 0 aliphatic rings. The molecule has 0 aliphatic heterocycles. The zero-order valence-corrected chi connectivity index (χ0v) is 14.9. The fraction of sp³-hybridized carbons (Fsp3) is 0.368. The second-order valence-electron chi connectivity index (χ2n) is 6.47. The molecule has 0 radical (unpaired) electrons. The highest BCUT2D eigenvalue weighted by molar-refractivity contribution is 5.95. The summed E-state index contributed by atoms with van der Waals surface area (Å²) in [5, 5.41) is 2.65. The summed E-state index contributed by atoms with van der Waals surface area (Å²) in [5.41, 5.74) is 7.25. The molecule has 7 heteroatoms. The van der Waals surface area contributed by atoms with Crippen LogP contribution in [0.1, 0.15) is 58.7 Å². The van der Waals surface area contributed by atoms with Gasteiger partial charge in [-0.2, -0.15) is 13.2 Å². The van der Waals surface area contributed by atoms with Crippen LogP contribution in [-0.4, -0.2) is 17.4 Å². The maximum Gasteiger partial charge on any atom is 0.433 e. The Morgan fingerprint density at radius 3 is 2.19 bits per heavy atom. The third-order valence-corrected chi connectivity index (χ3v) is 4.13. The van der Waals surface area contributed by atoms with Crippen molar-refractivity contribution in [3.63, 3.8) is 0 Å². The average Bonchev–Trinajstić information content (AvgIpc) is 2.58. The molecule has 1 aromatic heterocycles. The summed E-state index contributed by atoms with van der Waals surface area (Å²) in [4.78, 5) is 15.7. The van der Waals surface area contributed by atoms with Gasteiger partial charge < -0.3 is 11.1 Å². The van der Waals surface area contributed by atoms with Crippen LogP contribution in [0.25, 0.3) is 0 Å². The van der Waals surface area contributed by atoms with Crippen LogP contribution in [0.4, 0.5) is 13.2 Å². The van der Waals surface area contributed by atoms with Crippen LogP contribution in [-0.2, 0) is 6.18 Å². The van der Waals surface area contributed by atoms with Crippen molar-refractivity contribution in [2.75, 3.05) is 6.54 Å². The van der Waals surface area contributed by atoms with Crippen LogP contribution in [0, 0.1) is 6.92 Å². The van der Waals surface area contributed by atoms with Crippen molar-refractivity contribution in [2.24, 2.45) is 5.73 Å². The smallest absolute Gasteiger partial charge is 0.350 e. The minimum absolute atomic E-state index is 0.0205. The number of nitrogens with zero attached hydrogens (tertiary/aromatic N) is 1. The normalized spacial score (nSPS) is 12.9. The maximum absolute atomic E-state index is 12.6. The van der Waals surface area contributed by atoms with Crippen LogP contribution in [0.2, 0.25) is 0 Å². The molecule has 1 aromatic carbocycles. The number of halogens is 3. The number of hydrogen-bond acceptors (Lipinski definition) is 3. The molecule has 140 valence electrons. The molecule has 2 aromatic rings. The second-order valence-corrected chi connectivity index (χ2v) is 6.47. The Labute approximate surface area is 150 Å². The van der Waals surface area contributed by atoms with E-state index in [9.17, 15) is 18.0 Å². The van der Waals surface area contributed by atoms with Gasteiger partial charge in [0, 0.05) is 12.6 Å². The molecule has 0 fully saturated rings. The number of aromatic nitrogens is 1. The first-order valence-corrected chi connectivity index (χ1v) is 8.28. The number of alkyl halides is 3. The summed E-state index contributed by atoms with van der Waals surface area (Å²) < 4.78 is 37.9. The third-order valence-electron chi connectivity index (χ3n) is 4.13. The van der Waals surface area contributed by atoms with Gasteiger partial charge in [0.15, 0.2) is 0 Å². The standard InChI is InChI=1S/C19H22F3N3O/c1-11(2)13-4-6-14(7-5-13)16(23)10-24-18(26)15-8-9-17(19(20,21)22)25-12(15)3/h4-9,11,16H,10,23H2,1-3H3,(H,24,26). The van der Waals surface area contributed by atoms with Gasteiger partial charge in [-0.15, -0.1) is 0 Å². The number of nitrogens with two attached hydrogens (primary N) is 1. The number of amides is 1. The van der Waals surface area contributed by atoms with Crippen molar-refractivity contribution in [1.29, 1.82) is 0 Å². The van der Waals surface area contributed by atoms with E-state index in [-0.39, 0.29) is 17.8 Å². The average molecular weight is 365 g/mol. The van der Waals surface area contributed by atoms with E-state index in [1.54, 1.807) is 0 Å². The zero-order valence-electron chi connectivity index (χ0n) is 14.9. The lowest BCUT2D eigenvalue weighted by Crippen LogP contribution is -2.32. The van der Waals surface area contributed by atoms with Crippen molar-refractivity contribution in [3.8, 4) is 0 Å². The number of carbonyl (C=O) groups is 1. The molecule has 0 bridgehead atoms. The quantitative estimate of drug-likeness (QED) is 0.843. The van der Waals surface area contributed by atoms with E-state index in [1.165, 1.54) is 12.5 Å². The van der Waals surface area contributed by atoms with E-state index in [4.69, 9.17) is 5.73 Å². The number of pyridine rings is 1. The fourth-order valence-corrected chi connectivity index (χ4v) is 2.50. The summed E-state index contributed by atoms with van der Waals surface area (Å²) >= 11 is 0. The molecule has 26 heavy (non-hydrogen) atoms. The van der Waals surface area contributed by atoms with E-state index in [0.29, 0.717) is 5.92 Å². The number of carbonyl (C=O) groups excluding carboxylic acids is 1. The number of nitrogens with one attached hydrogen (secondary N) is 1. The minimum Gasteiger partial charge on any atom is -0.350 e. The second kappa shape index (κ2) is 7.86. The van der Waals surface area contributed by atoms with E-state index in [2.05, 4.69) is 24.1 Å². The molecule has 1 amide bonds. The van der Waals surface area contributed by atoms with Crippen LogP contribution >= 0.6 is 0 Å². The number of aryl methyl sites for hydroxylation is 1. The molecule has 0 saturated carbocycles. The molecule has 1 atom stereocenters. The molecule has 3 N–H and O–H groups in total. The van der Waals surface area contributed by atoms with Gasteiger partial charge >= 0.3 is 6.18 Å². The van der Waals surface area contributed by atoms with Gasteiger partial charge in [-0.3, -0.25) is 4.79 Å². The van der Waals surface area contributed by atoms with E-state index in [0.717, 1.165) is 17.7 Å². The van der Waals surface area contributed by atoms with Gasteiger partial charge in [0.2, 0.25) is 0 Å². The Bertz CT molecular complexity index is 771. The lowest BCUT2D eigenvalue weighted by Gasteiger charge is -2.15. The summed E-state index contributed by atoms with van der Waals surface area (Å²) in [6, 6.07) is 9.32. The van der Waals surface area contributed by atoms with Crippen LogP contribution in [0.15, 0.2) is 36.4 Å². The van der Waals surface area contributed by atoms with Crippen molar-refractivity contribution >= 4 is 5.91 Å². The zero-order chi connectivity index (χ0) is 19.5. The van der Waals surface area contributed by atoms with Crippen molar-refractivity contribution in [3.05, 3.63) is 64.5 Å². The first-order valence-electron chi connectivity index (χ1n) is 8.28. The monoisotopic (exact) mass is 365 g/mol. The number of hydrogen-bond donors (Lipinski definition) is 2. The Morgan fingerprint density at radius 2 is 1.69 bits per heavy atom. The lowest BCUT2D eigenvalue weighted by atomic mass is 9.99. The van der Waals surface area contributed by atoms with Crippen LogP contribution < -0.4 is 11.1 Å². The summed E-state index contributed by atoms with van der Waals surface area (Å²) in [7, 11) is 0. The minimum atomic E-state index is -4.54. The van der Waals surface area contributed by atoms with Crippen LogP contribution in [0.3, 0.4) is 0 Å². The first-order chi connectivity index (χ1) is 12.1. The molecule has 1 heterocycles. The van der Waals surface area contributed by atoms with E-state index >= 15 is 0 Å². The third kappa shape index (κ3) is 4.82. The topological polar surface area (TPSA) is 68.0 Å². The Hall–Kier alpha value is -2.41. The lowest BCUT2D eigenvalue weighted by molar-refractivity contribution is -0.141. The molecule has 0 saturated heterocycles. The van der Waals surface area contributed by atoms with E-state index in [1.807, 2.05) is 24.3 Å². The van der Waals surface area contributed by atoms with Gasteiger partial charge in [-0.05, 0) is 36.1 Å². The van der Waals surface area contributed by atoms with Gasteiger partial charge in [0.05, 0.1) is 11.3 Å². The molecule has 0 spiro atoms. The predicted octanol–water partition coefficient (Wildman–Crippen LogP) is 3.96.